The summed E-state index contributed by atoms with van der Waals surface area (Å²) in [6, 6.07) is 16.3. The molecular weight excluding hydrogens is 436 g/mol. The highest BCUT2D eigenvalue weighted by Gasteiger charge is 2.10. The number of ether oxygens (including phenoxy) is 1. The van der Waals surface area contributed by atoms with Gasteiger partial charge in [-0.05, 0) is 107 Å². The van der Waals surface area contributed by atoms with E-state index >= 15 is 0 Å². The molecule has 3 rings (SSSR count). The van der Waals surface area contributed by atoms with E-state index in [9.17, 15) is 9.59 Å². The topological polar surface area (TPSA) is 72.6 Å². The number of hydrogen-bond donors (Lipinski definition) is 1. The van der Waals surface area contributed by atoms with Gasteiger partial charge >= 0.3 is 0 Å². The number of aldehydes is 1. The summed E-state index contributed by atoms with van der Waals surface area (Å²) in [5, 5.41) is 0. The molecular formula is C30H46N2O3. The first-order valence-corrected chi connectivity index (χ1v) is 13.1. The predicted octanol–water partition coefficient (Wildman–Crippen LogP) is 5.88. The summed E-state index contributed by atoms with van der Waals surface area (Å²) >= 11 is 0. The largest absolute Gasteiger partial charge is 0.497 e. The SMILES string of the molecule is CCc1ccc(CCCN2CCCC2)cc1.CN.COc1ccc(C(=O)CCCCCC=O)cc1. The standard InChI is InChI=1S/C15H23N.C14H18O3.CH5N/c1-2-14-7-9-15(10-8-14)6-5-13-16-11-3-4-12-16;1-17-13-9-7-12(8-10-13)14(16)6-4-2-3-5-11-15;1-2/h7-10H,2-6,11-13H2,1H3;7-11H,2-6H2,1H3;2H2,1H3. The maximum absolute atomic E-state index is 11.8. The number of carbonyl (C=O) groups excluding carboxylic acids is 2. The molecule has 1 aliphatic heterocycles. The molecule has 0 aromatic heterocycles. The Morgan fingerprint density at radius 3 is 2.11 bits per heavy atom. The van der Waals surface area contributed by atoms with Gasteiger partial charge < -0.3 is 20.2 Å². The van der Waals surface area contributed by atoms with Gasteiger partial charge in [0.25, 0.3) is 0 Å². The Morgan fingerprint density at radius 2 is 1.54 bits per heavy atom. The van der Waals surface area contributed by atoms with Gasteiger partial charge in [-0.3, -0.25) is 4.79 Å². The lowest BCUT2D eigenvalue weighted by atomic mass is 10.0. The van der Waals surface area contributed by atoms with Crippen molar-refractivity contribution < 1.29 is 14.3 Å². The summed E-state index contributed by atoms with van der Waals surface area (Å²) < 4.78 is 5.03. The fourth-order valence-corrected chi connectivity index (χ4v) is 4.07. The number of hydrogen-bond acceptors (Lipinski definition) is 5. The molecule has 1 aliphatic rings. The molecule has 0 atom stereocenters. The van der Waals surface area contributed by atoms with E-state index < -0.39 is 0 Å². The van der Waals surface area contributed by atoms with Crippen molar-refractivity contribution in [2.75, 3.05) is 33.8 Å². The van der Waals surface area contributed by atoms with Gasteiger partial charge in [-0.1, -0.05) is 37.6 Å². The summed E-state index contributed by atoms with van der Waals surface area (Å²) in [7, 11) is 3.10. The average molecular weight is 483 g/mol. The zero-order chi connectivity index (χ0) is 25.7. The van der Waals surface area contributed by atoms with E-state index in [1.54, 1.807) is 31.4 Å². The highest BCUT2D eigenvalue weighted by molar-refractivity contribution is 5.96. The molecule has 35 heavy (non-hydrogen) atoms. The lowest BCUT2D eigenvalue weighted by Gasteiger charge is -2.13. The van der Waals surface area contributed by atoms with E-state index in [4.69, 9.17) is 4.74 Å². The predicted molar refractivity (Wildman–Crippen MR) is 146 cm³/mol. The second-order valence-corrected chi connectivity index (χ2v) is 8.74. The van der Waals surface area contributed by atoms with Gasteiger partial charge in [0.1, 0.15) is 12.0 Å². The molecule has 194 valence electrons. The first-order valence-electron chi connectivity index (χ1n) is 13.1. The second kappa shape index (κ2) is 19.8. The molecule has 0 amide bonds. The van der Waals surface area contributed by atoms with Gasteiger partial charge in [0.2, 0.25) is 0 Å². The van der Waals surface area contributed by atoms with Crippen LogP contribution in [0.3, 0.4) is 0 Å². The molecule has 2 N–H and O–H groups in total. The van der Waals surface area contributed by atoms with E-state index in [2.05, 4.69) is 41.8 Å². The number of nitrogens with two attached hydrogens (primary N) is 1. The lowest BCUT2D eigenvalue weighted by molar-refractivity contribution is -0.107. The Bertz CT molecular complexity index is 797. The molecule has 2 aromatic rings. The van der Waals surface area contributed by atoms with Crippen molar-refractivity contribution in [1.82, 2.24) is 4.90 Å². The third-order valence-electron chi connectivity index (χ3n) is 6.21. The number of Topliss-reactive ketones (excluding diaryl/α,β-unsaturated/α-hetero) is 1. The van der Waals surface area contributed by atoms with Gasteiger partial charge in [0.05, 0.1) is 7.11 Å². The smallest absolute Gasteiger partial charge is 0.162 e. The van der Waals surface area contributed by atoms with Crippen LogP contribution in [0, 0.1) is 0 Å². The fourth-order valence-electron chi connectivity index (χ4n) is 4.07. The number of methoxy groups -OCH3 is 1. The normalized spacial score (nSPS) is 12.7. The zero-order valence-corrected chi connectivity index (χ0v) is 22.1. The van der Waals surface area contributed by atoms with Crippen LogP contribution in [0.4, 0.5) is 0 Å². The first kappa shape index (κ1) is 30.5. The average Bonchev–Trinajstić information content (AvgIpc) is 3.44. The van der Waals surface area contributed by atoms with Crippen LogP contribution in [-0.4, -0.2) is 50.8 Å². The third-order valence-corrected chi connectivity index (χ3v) is 6.21. The van der Waals surface area contributed by atoms with E-state index in [1.807, 2.05) is 0 Å². The Morgan fingerprint density at radius 1 is 0.914 bits per heavy atom. The number of likely N-dealkylation sites (tertiary alicyclic amines) is 1. The van der Waals surface area contributed by atoms with Gasteiger partial charge in [0.15, 0.2) is 5.78 Å². The molecule has 5 heteroatoms. The molecule has 0 spiro atoms. The van der Waals surface area contributed by atoms with Crippen LogP contribution < -0.4 is 10.5 Å². The van der Waals surface area contributed by atoms with Gasteiger partial charge in [-0.25, -0.2) is 0 Å². The second-order valence-electron chi connectivity index (χ2n) is 8.74. The maximum atomic E-state index is 11.8. The van der Waals surface area contributed by atoms with Crippen molar-refractivity contribution >= 4 is 12.1 Å². The molecule has 0 aliphatic carbocycles. The fraction of sp³-hybridized carbons (Fsp3) is 0.533. The summed E-state index contributed by atoms with van der Waals surface area (Å²) in [4.78, 5) is 24.5. The number of unbranched alkanes of at least 4 members (excludes halogenated alkanes) is 3. The lowest BCUT2D eigenvalue weighted by Crippen LogP contribution is -2.20. The number of rotatable bonds is 13. The van der Waals surface area contributed by atoms with E-state index in [0.717, 1.165) is 43.3 Å². The van der Waals surface area contributed by atoms with Gasteiger partial charge in [0, 0.05) is 18.4 Å². The minimum absolute atomic E-state index is 0.152. The Labute approximate surface area is 213 Å². The minimum Gasteiger partial charge on any atom is -0.497 e. The summed E-state index contributed by atoms with van der Waals surface area (Å²) in [5.41, 5.74) is 8.17. The Balaban J connectivity index is 0.000000327. The van der Waals surface area contributed by atoms with Crippen molar-refractivity contribution in [2.45, 2.75) is 71.1 Å². The molecule has 0 saturated carbocycles. The zero-order valence-electron chi connectivity index (χ0n) is 22.1. The molecule has 5 nitrogen and oxygen atoms in total. The molecule has 2 aromatic carbocycles. The van der Waals surface area contributed by atoms with Crippen LogP contribution in [0.5, 0.6) is 5.75 Å². The monoisotopic (exact) mass is 482 g/mol. The molecule has 0 unspecified atom stereocenters. The number of carbonyl (C=O) groups is 2. The Hall–Kier alpha value is -2.50. The highest BCUT2D eigenvalue weighted by atomic mass is 16.5. The summed E-state index contributed by atoms with van der Waals surface area (Å²) in [5.74, 6) is 0.909. The van der Waals surface area contributed by atoms with E-state index in [1.165, 1.54) is 63.5 Å². The van der Waals surface area contributed by atoms with Crippen molar-refractivity contribution in [3.63, 3.8) is 0 Å². The van der Waals surface area contributed by atoms with Crippen molar-refractivity contribution in [3.05, 3.63) is 65.2 Å². The number of aryl methyl sites for hydroxylation is 2. The number of nitrogens with zero attached hydrogens (tertiary/aromatic N) is 1. The molecule has 1 heterocycles. The van der Waals surface area contributed by atoms with Crippen LogP contribution in [0.1, 0.15) is 79.8 Å². The van der Waals surface area contributed by atoms with Crippen molar-refractivity contribution in [2.24, 2.45) is 5.73 Å². The van der Waals surface area contributed by atoms with Crippen molar-refractivity contribution in [1.29, 1.82) is 0 Å². The van der Waals surface area contributed by atoms with Gasteiger partial charge in [-0.2, -0.15) is 0 Å². The third kappa shape index (κ3) is 13.2. The van der Waals surface area contributed by atoms with Crippen LogP contribution in [0.2, 0.25) is 0 Å². The molecule has 0 radical (unpaired) electrons. The quantitative estimate of drug-likeness (QED) is 0.219. The summed E-state index contributed by atoms with van der Waals surface area (Å²) in [6.45, 7) is 6.15. The highest BCUT2D eigenvalue weighted by Crippen LogP contribution is 2.14. The first-order chi connectivity index (χ1) is 17.2. The maximum Gasteiger partial charge on any atom is 0.162 e. The van der Waals surface area contributed by atoms with E-state index in [0.29, 0.717) is 12.8 Å². The molecule has 1 fully saturated rings. The van der Waals surface area contributed by atoms with Crippen LogP contribution in [-0.2, 0) is 17.6 Å². The molecule has 1 saturated heterocycles. The number of benzene rings is 2. The summed E-state index contributed by atoms with van der Waals surface area (Å²) in [6.07, 6.45) is 11.2. The number of ketones is 1. The van der Waals surface area contributed by atoms with Crippen LogP contribution >= 0.6 is 0 Å². The van der Waals surface area contributed by atoms with E-state index in [-0.39, 0.29) is 5.78 Å². The Kier molecular flexibility index (Phi) is 17.2. The van der Waals surface area contributed by atoms with Gasteiger partial charge in [-0.15, -0.1) is 0 Å². The van der Waals surface area contributed by atoms with Crippen LogP contribution in [0.15, 0.2) is 48.5 Å². The minimum atomic E-state index is 0.152. The van der Waals surface area contributed by atoms with Crippen molar-refractivity contribution in [3.8, 4) is 5.75 Å². The van der Waals surface area contributed by atoms with Crippen LogP contribution in [0.25, 0.3) is 0 Å². The molecule has 0 bridgehead atoms.